The van der Waals surface area contributed by atoms with Crippen molar-refractivity contribution >= 4 is 19.8 Å². The fraction of sp³-hybridized carbons (Fsp3) is 0.902. The number of unbranched alkanes of at least 4 members (excludes halogenated alkanes) is 25. The van der Waals surface area contributed by atoms with Gasteiger partial charge in [0.25, 0.3) is 0 Å². The van der Waals surface area contributed by atoms with Crippen LogP contribution in [0, 0.1) is 0 Å². The molecule has 0 saturated heterocycles. The highest BCUT2D eigenvalue weighted by atomic mass is 31.2. The molecule has 0 aliphatic rings. The highest BCUT2D eigenvalue weighted by molar-refractivity contribution is 7.47. The number of carbonyl (C=O) groups is 2. The third-order valence-electron chi connectivity index (χ3n) is 9.15. The molecule has 3 N–H and O–H groups in total. The number of hydrogen-bond acceptors (Lipinski definition) is 8. The second kappa shape index (κ2) is 38.5. The van der Waals surface area contributed by atoms with E-state index in [0.717, 1.165) is 32.1 Å². The van der Waals surface area contributed by atoms with Gasteiger partial charge in [-0.2, -0.15) is 0 Å². The van der Waals surface area contributed by atoms with Gasteiger partial charge in [0.1, 0.15) is 6.61 Å². The van der Waals surface area contributed by atoms with Crippen molar-refractivity contribution in [3.8, 4) is 0 Å². The van der Waals surface area contributed by atoms with Crippen LogP contribution in [0.3, 0.4) is 0 Å². The number of rotatable bonds is 40. The van der Waals surface area contributed by atoms with E-state index in [4.69, 9.17) is 24.3 Å². The smallest absolute Gasteiger partial charge is 0.462 e. The van der Waals surface area contributed by atoms with Gasteiger partial charge in [-0.25, -0.2) is 4.57 Å². The average Bonchev–Trinajstić information content (AvgIpc) is 3.11. The van der Waals surface area contributed by atoms with Crippen LogP contribution < -0.4 is 5.73 Å². The largest absolute Gasteiger partial charge is 0.472 e. The van der Waals surface area contributed by atoms with Crippen LogP contribution in [0.2, 0.25) is 0 Å². The third-order valence-corrected chi connectivity index (χ3v) is 10.1. The van der Waals surface area contributed by atoms with Crippen molar-refractivity contribution in [1.82, 2.24) is 0 Å². The van der Waals surface area contributed by atoms with E-state index in [-0.39, 0.29) is 38.6 Å². The molecule has 2 unspecified atom stereocenters. The van der Waals surface area contributed by atoms with E-state index < -0.39 is 26.5 Å². The predicted octanol–water partition coefficient (Wildman–Crippen LogP) is 11.8. The monoisotopic (exact) mass is 746 g/mol. The van der Waals surface area contributed by atoms with Crippen LogP contribution in [0.25, 0.3) is 0 Å². The second-order valence-corrected chi connectivity index (χ2v) is 15.7. The van der Waals surface area contributed by atoms with Gasteiger partial charge in [0.2, 0.25) is 0 Å². The molecule has 0 fully saturated rings. The molecule has 0 saturated carbocycles. The first kappa shape index (κ1) is 49.8. The molecule has 2 atom stereocenters. The summed E-state index contributed by atoms with van der Waals surface area (Å²) in [6.45, 7) is 3.73. The number of allylic oxidation sites excluding steroid dienone is 2. The zero-order valence-corrected chi connectivity index (χ0v) is 34.0. The van der Waals surface area contributed by atoms with Crippen molar-refractivity contribution < 1.29 is 37.6 Å². The van der Waals surface area contributed by atoms with Crippen LogP contribution in [-0.2, 0) is 32.7 Å². The maximum Gasteiger partial charge on any atom is 0.472 e. The standard InChI is InChI=1S/C41H80NO8P/c1-3-5-7-9-11-13-15-16-17-18-19-20-21-22-24-25-27-29-31-33-40(43)47-37-39(38-49-51(45,46)48-36-35-42)50-41(44)34-32-30-28-26-23-14-12-10-8-6-4-2/h16-17,39H,3-15,18-38,42H2,1-2H3,(H,45,46). The van der Waals surface area contributed by atoms with Crippen LogP contribution in [0.4, 0.5) is 0 Å². The van der Waals surface area contributed by atoms with Gasteiger partial charge in [0, 0.05) is 19.4 Å². The summed E-state index contributed by atoms with van der Waals surface area (Å²) in [6, 6.07) is 0. The van der Waals surface area contributed by atoms with Gasteiger partial charge < -0.3 is 20.1 Å². The Hall–Kier alpha value is -1.25. The molecular formula is C41H80NO8P. The van der Waals surface area contributed by atoms with E-state index in [1.54, 1.807) is 0 Å². The number of phosphoric acid groups is 1. The molecule has 0 radical (unpaired) electrons. The lowest BCUT2D eigenvalue weighted by molar-refractivity contribution is -0.161. The summed E-state index contributed by atoms with van der Waals surface area (Å²) >= 11 is 0. The van der Waals surface area contributed by atoms with Crippen LogP contribution in [0.1, 0.15) is 206 Å². The summed E-state index contributed by atoms with van der Waals surface area (Å²) < 4.78 is 32.7. The maximum atomic E-state index is 12.5. The first-order valence-electron chi connectivity index (χ1n) is 21.2. The van der Waals surface area contributed by atoms with Gasteiger partial charge in [0.05, 0.1) is 13.2 Å². The summed E-state index contributed by atoms with van der Waals surface area (Å²) in [4.78, 5) is 34.8. The molecular weight excluding hydrogens is 665 g/mol. The molecule has 9 nitrogen and oxygen atoms in total. The Morgan fingerprint density at radius 2 is 0.961 bits per heavy atom. The Morgan fingerprint density at radius 3 is 1.39 bits per heavy atom. The highest BCUT2D eigenvalue weighted by Crippen LogP contribution is 2.43. The maximum absolute atomic E-state index is 12.5. The second-order valence-electron chi connectivity index (χ2n) is 14.2. The summed E-state index contributed by atoms with van der Waals surface area (Å²) in [5, 5.41) is 0. The van der Waals surface area contributed by atoms with Crippen molar-refractivity contribution in [2.24, 2.45) is 5.73 Å². The molecule has 51 heavy (non-hydrogen) atoms. The number of phosphoric ester groups is 1. The number of ether oxygens (including phenoxy) is 2. The quantitative estimate of drug-likeness (QED) is 0.0272. The molecule has 0 aliphatic carbocycles. The lowest BCUT2D eigenvalue weighted by atomic mass is 10.1. The highest BCUT2D eigenvalue weighted by Gasteiger charge is 2.26. The summed E-state index contributed by atoms with van der Waals surface area (Å²) in [6.07, 6.45) is 38.1. The average molecular weight is 746 g/mol. The fourth-order valence-electron chi connectivity index (χ4n) is 5.98. The molecule has 10 heteroatoms. The Morgan fingerprint density at radius 1 is 0.569 bits per heavy atom. The predicted molar refractivity (Wildman–Crippen MR) is 211 cm³/mol. The van der Waals surface area contributed by atoms with Crippen molar-refractivity contribution in [2.45, 2.75) is 213 Å². The topological polar surface area (TPSA) is 134 Å². The fourth-order valence-corrected chi connectivity index (χ4v) is 6.75. The molecule has 0 heterocycles. The van der Waals surface area contributed by atoms with Crippen molar-refractivity contribution in [2.75, 3.05) is 26.4 Å². The molecule has 0 aromatic heterocycles. The van der Waals surface area contributed by atoms with Gasteiger partial charge in [-0.3, -0.25) is 18.6 Å². The summed E-state index contributed by atoms with van der Waals surface area (Å²) in [7, 11) is -4.37. The summed E-state index contributed by atoms with van der Waals surface area (Å²) in [5.74, 6) is -0.823. The third kappa shape index (κ3) is 38.3. The number of esters is 2. The van der Waals surface area contributed by atoms with E-state index in [9.17, 15) is 19.0 Å². The van der Waals surface area contributed by atoms with E-state index in [0.29, 0.717) is 6.42 Å². The van der Waals surface area contributed by atoms with Crippen molar-refractivity contribution in [3.63, 3.8) is 0 Å². The number of carbonyl (C=O) groups excluding carboxylic acids is 2. The molecule has 0 spiro atoms. The number of nitrogens with two attached hydrogens (primary N) is 1. The molecule has 302 valence electrons. The summed E-state index contributed by atoms with van der Waals surface area (Å²) in [5.41, 5.74) is 5.34. The molecule has 0 aromatic rings. The molecule has 0 bridgehead atoms. The zero-order chi connectivity index (χ0) is 37.5. The van der Waals surface area contributed by atoms with E-state index in [1.807, 2.05) is 0 Å². The van der Waals surface area contributed by atoms with Crippen molar-refractivity contribution in [1.29, 1.82) is 0 Å². The van der Waals surface area contributed by atoms with E-state index in [1.165, 1.54) is 141 Å². The first-order valence-corrected chi connectivity index (χ1v) is 22.7. The lowest BCUT2D eigenvalue weighted by Crippen LogP contribution is -2.29. The Labute approximate surface area is 313 Å². The molecule has 0 amide bonds. The van der Waals surface area contributed by atoms with Crippen LogP contribution >= 0.6 is 7.82 Å². The van der Waals surface area contributed by atoms with Gasteiger partial charge in [-0.05, 0) is 38.5 Å². The van der Waals surface area contributed by atoms with Gasteiger partial charge in [0.15, 0.2) is 6.10 Å². The SMILES string of the molecule is CCCCCCCCC=CCCCCCCCCCCCC(=O)OCC(COP(=O)(O)OCCN)OC(=O)CCCCCCCCCCCCC. The Balaban J connectivity index is 4.08. The molecule has 0 aromatic carbocycles. The molecule has 0 rings (SSSR count). The van der Waals surface area contributed by atoms with E-state index >= 15 is 0 Å². The van der Waals surface area contributed by atoms with Crippen LogP contribution in [0.15, 0.2) is 12.2 Å². The Kier molecular flexibility index (Phi) is 37.5. The van der Waals surface area contributed by atoms with Gasteiger partial charge in [-0.1, -0.05) is 167 Å². The zero-order valence-electron chi connectivity index (χ0n) is 33.1. The van der Waals surface area contributed by atoms with Crippen molar-refractivity contribution in [3.05, 3.63) is 12.2 Å². The first-order chi connectivity index (χ1) is 24.8. The van der Waals surface area contributed by atoms with Crippen LogP contribution in [0.5, 0.6) is 0 Å². The number of hydrogen-bond donors (Lipinski definition) is 2. The molecule has 0 aliphatic heterocycles. The van der Waals surface area contributed by atoms with Gasteiger partial charge >= 0.3 is 19.8 Å². The minimum atomic E-state index is -4.37. The Bertz CT molecular complexity index is 856. The van der Waals surface area contributed by atoms with Gasteiger partial charge in [-0.15, -0.1) is 0 Å². The normalized spacial score (nSPS) is 13.4. The minimum Gasteiger partial charge on any atom is -0.462 e. The van der Waals surface area contributed by atoms with Crippen LogP contribution in [-0.4, -0.2) is 49.3 Å². The lowest BCUT2D eigenvalue weighted by Gasteiger charge is -2.19. The minimum absolute atomic E-state index is 0.0559. The van der Waals surface area contributed by atoms with E-state index in [2.05, 4.69) is 26.0 Å².